The van der Waals surface area contributed by atoms with Crippen molar-refractivity contribution in [1.29, 1.82) is 0 Å². The molecule has 2 aliphatic rings. The van der Waals surface area contributed by atoms with Gasteiger partial charge in [0.15, 0.2) is 0 Å². The summed E-state index contributed by atoms with van der Waals surface area (Å²) >= 11 is 6.07. The number of amides is 1. The quantitative estimate of drug-likeness (QED) is 0.313. The second-order valence-electron chi connectivity index (χ2n) is 9.30. The first-order valence-electron chi connectivity index (χ1n) is 12.5. The van der Waals surface area contributed by atoms with Gasteiger partial charge in [-0.05, 0) is 41.5 Å². The maximum Gasteiger partial charge on any atom is 0.269 e. The van der Waals surface area contributed by atoms with Crippen molar-refractivity contribution in [2.75, 3.05) is 45.4 Å². The highest BCUT2D eigenvalue weighted by Gasteiger charge is 2.30. The summed E-state index contributed by atoms with van der Waals surface area (Å²) in [6.07, 6.45) is 0.646. The summed E-state index contributed by atoms with van der Waals surface area (Å²) in [7, 11) is 1.50. The van der Waals surface area contributed by atoms with E-state index in [4.69, 9.17) is 26.2 Å². The Morgan fingerprint density at radius 2 is 1.85 bits per heavy atom. The maximum absolute atomic E-state index is 12.8. The first-order valence-corrected chi connectivity index (χ1v) is 12.9. The highest BCUT2D eigenvalue weighted by atomic mass is 35.5. The van der Waals surface area contributed by atoms with Crippen LogP contribution in [0.15, 0.2) is 71.8 Å². The van der Waals surface area contributed by atoms with Crippen LogP contribution >= 0.6 is 11.6 Å². The van der Waals surface area contributed by atoms with E-state index in [2.05, 4.69) is 10.2 Å². The van der Waals surface area contributed by atoms with Gasteiger partial charge in [-0.25, -0.2) is 0 Å². The van der Waals surface area contributed by atoms with Gasteiger partial charge in [-0.2, -0.15) is 5.10 Å². The molecule has 1 N–H and O–H groups in total. The largest absolute Gasteiger partial charge is 0.496 e. The minimum Gasteiger partial charge on any atom is -0.496 e. The first kappa shape index (κ1) is 26.6. The van der Waals surface area contributed by atoms with Gasteiger partial charge < -0.3 is 14.8 Å². The van der Waals surface area contributed by atoms with Crippen LogP contribution in [0.2, 0.25) is 5.02 Å². The minimum atomic E-state index is -0.394. The number of carbonyl (C=O) groups is 1. The molecule has 0 radical (unpaired) electrons. The molecule has 0 aliphatic carbocycles. The number of nitrogens with zero attached hydrogens (tertiary/aromatic N) is 4. The number of nitrogens with one attached hydrogen (secondary N) is 1. The lowest BCUT2D eigenvalue weighted by molar-refractivity contribution is -0.384. The summed E-state index contributed by atoms with van der Waals surface area (Å²) in [5.74, 6) is 0.113. The molecule has 1 fully saturated rings. The number of hydrogen-bond acceptors (Lipinski definition) is 8. The number of rotatable bonds is 8. The second kappa shape index (κ2) is 11.8. The molecule has 11 heteroatoms. The van der Waals surface area contributed by atoms with E-state index in [0.29, 0.717) is 48.3 Å². The molecule has 10 nitrogen and oxygen atoms in total. The highest BCUT2D eigenvalue weighted by Crippen LogP contribution is 2.34. The van der Waals surface area contributed by atoms with E-state index in [9.17, 15) is 14.9 Å². The molecule has 1 unspecified atom stereocenters. The molecule has 0 bridgehead atoms. The number of morpholine rings is 1. The number of halogens is 1. The Morgan fingerprint density at radius 1 is 1.13 bits per heavy atom. The molecule has 0 aromatic heterocycles. The van der Waals surface area contributed by atoms with Crippen molar-refractivity contribution in [3.05, 3.63) is 98.6 Å². The minimum absolute atomic E-state index is 0.0571. The SMILES string of the molecule is COc1ccc(Cl)cc1C(=O)Nc1ccc(C2=NN(CN3CCOCC3)C(c3ccc([N+](=O)[O-])cc3)C2)cc1. The van der Waals surface area contributed by atoms with Crippen molar-refractivity contribution in [2.45, 2.75) is 12.5 Å². The zero-order chi connectivity index (χ0) is 27.4. The van der Waals surface area contributed by atoms with Crippen molar-refractivity contribution in [3.8, 4) is 5.75 Å². The van der Waals surface area contributed by atoms with E-state index in [1.54, 1.807) is 30.3 Å². The number of hydrogen-bond donors (Lipinski definition) is 1. The predicted octanol–water partition coefficient (Wildman–Crippen LogP) is 4.95. The van der Waals surface area contributed by atoms with Gasteiger partial charge >= 0.3 is 0 Å². The Hall–Kier alpha value is -3.99. The third-order valence-corrected chi connectivity index (χ3v) is 7.05. The monoisotopic (exact) mass is 549 g/mol. The van der Waals surface area contributed by atoms with Gasteiger partial charge in [-0.1, -0.05) is 35.9 Å². The molecular weight excluding hydrogens is 522 g/mol. The van der Waals surface area contributed by atoms with E-state index < -0.39 is 4.92 Å². The average Bonchev–Trinajstić information content (AvgIpc) is 3.37. The number of anilines is 1. The third-order valence-electron chi connectivity index (χ3n) is 6.82. The molecule has 1 atom stereocenters. The van der Waals surface area contributed by atoms with Crippen LogP contribution in [0.4, 0.5) is 11.4 Å². The molecule has 2 aliphatic heterocycles. The fourth-order valence-electron chi connectivity index (χ4n) is 4.72. The smallest absolute Gasteiger partial charge is 0.269 e. The molecule has 202 valence electrons. The van der Waals surface area contributed by atoms with Gasteiger partial charge in [-0.15, -0.1) is 0 Å². The molecule has 2 heterocycles. The van der Waals surface area contributed by atoms with Crippen molar-refractivity contribution >= 4 is 34.6 Å². The number of methoxy groups -OCH3 is 1. The van der Waals surface area contributed by atoms with Gasteiger partial charge in [-0.3, -0.25) is 24.8 Å². The van der Waals surface area contributed by atoms with Crippen LogP contribution < -0.4 is 10.1 Å². The summed E-state index contributed by atoms with van der Waals surface area (Å²) in [6.45, 7) is 3.63. The van der Waals surface area contributed by atoms with Gasteiger partial charge in [0.1, 0.15) is 5.75 Å². The number of hydrazone groups is 1. The van der Waals surface area contributed by atoms with Crippen LogP contribution in [-0.2, 0) is 4.74 Å². The number of nitro benzene ring substituents is 1. The summed E-state index contributed by atoms with van der Waals surface area (Å²) in [6, 6.07) is 19.0. The van der Waals surface area contributed by atoms with E-state index >= 15 is 0 Å². The van der Waals surface area contributed by atoms with E-state index in [1.807, 2.05) is 29.3 Å². The van der Waals surface area contributed by atoms with Crippen LogP contribution in [0.25, 0.3) is 0 Å². The number of nitro groups is 1. The molecular formula is C28H28ClN5O5. The molecule has 39 heavy (non-hydrogen) atoms. The average molecular weight is 550 g/mol. The van der Waals surface area contributed by atoms with Gasteiger partial charge in [0, 0.05) is 42.4 Å². The lowest BCUT2D eigenvalue weighted by Crippen LogP contribution is -2.42. The van der Waals surface area contributed by atoms with Crippen molar-refractivity contribution in [3.63, 3.8) is 0 Å². The predicted molar refractivity (Wildman–Crippen MR) is 148 cm³/mol. The summed E-state index contributed by atoms with van der Waals surface area (Å²) in [5, 5.41) is 21.5. The Kier molecular flexibility index (Phi) is 8.06. The lowest BCUT2D eigenvalue weighted by atomic mass is 9.98. The van der Waals surface area contributed by atoms with E-state index in [1.165, 1.54) is 19.2 Å². The molecule has 0 spiro atoms. The highest BCUT2D eigenvalue weighted by molar-refractivity contribution is 6.31. The molecule has 1 amide bonds. The third kappa shape index (κ3) is 6.19. The number of carbonyl (C=O) groups excluding carboxylic acids is 1. The van der Waals surface area contributed by atoms with Crippen LogP contribution in [0.5, 0.6) is 5.75 Å². The Labute approximate surface area is 230 Å². The van der Waals surface area contributed by atoms with Crippen LogP contribution in [0.1, 0.15) is 33.9 Å². The Bertz CT molecular complexity index is 1370. The van der Waals surface area contributed by atoms with Gasteiger partial charge in [0.2, 0.25) is 0 Å². The maximum atomic E-state index is 12.8. The molecule has 1 saturated heterocycles. The molecule has 3 aromatic carbocycles. The lowest BCUT2D eigenvalue weighted by Gasteiger charge is -2.33. The van der Waals surface area contributed by atoms with Crippen LogP contribution in [-0.4, -0.2) is 66.5 Å². The second-order valence-corrected chi connectivity index (χ2v) is 9.74. The van der Waals surface area contributed by atoms with E-state index in [-0.39, 0.29) is 17.6 Å². The fraction of sp³-hybridized carbons (Fsp3) is 0.286. The van der Waals surface area contributed by atoms with Crippen LogP contribution in [0.3, 0.4) is 0 Å². The Balaban J connectivity index is 1.33. The molecule has 0 saturated carbocycles. The summed E-state index contributed by atoms with van der Waals surface area (Å²) < 4.78 is 10.8. The van der Waals surface area contributed by atoms with E-state index in [0.717, 1.165) is 29.9 Å². The summed E-state index contributed by atoms with van der Waals surface area (Å²) in [5.41, 5.74) is 3.84. The molecule has 5 rings (SSSR count). The number of ether oxygens (including phenoxy) is 2. The number of non-ortho nitro benzene ring substituents is 1. The van der Waals surface area contributed by atoms with Gasteiger partial charge in [0.25, 0.3) is 11.6 Å². The zero-order valence-corrected chi connectivity index (χ0v) is 22.1. The number of benzene rings is 3. The standard InChI is InChI=1S/C28H28ClN5O5/c1-38-27-11-6-21(29)16-24(27)28(35)30-22-7-2-19(3-8-22)25-17-26(20-4-9-23(10-5-20)34(36)37)33(31-25)18-32-12-14-39-15-13-32/h2-11,16,26H,12-15,17-18H2,1H3,(H,30,35). The first-order chi connectivity index (χ1) is 18.9. The van der Waals surface area contributed by atoms with Gasteiger partial charge in [0.05, 0.1) is 49.2 Å². The summed E-state index contributed by atoms with van der Waals surface area (Å²) in [4.78, 5) is 25.9. The van der Waals surface area contributed by atoms with Crippen molar-refractivity contribution in [1.82, 2.24) is 9.91 Å². The topological polar surface area (TPSA) is 110 Å². The fourth-order valence-corrected chi connectivity index (χ4v) is 4.89. The molecule has 3 aromatic rings. The van der Waals surface area contributed by atoms with Crippen molar-refractivity contribution in [2.24, 2.45) is 5.10 Å². The van der Waals surface area contributed by atoms with Crippen molar-refractivity contribution < 1.29 is 19.2 Å². The van der Waals surface area contributed by atoms with Crippen LogP contribution in [0, 0.1) is 10.1 Å². The Morgan fingerprint density at radius 3 is 2.51 bits per heavy atom. The normalized spacial score (nSPS) is 17.5. The zero-order valence-electron chi connectivity index (χ0n) is 21.4.